The van der Waals surface area contributed by atoms with Crippen molar-refractivity contribution in [2.75, 3.05) is 26.1 Å². The van der Waals surface area contributed by atoms with Crippen LogP contribution in [-0.4, -0.2) is 58.4 Å². The van der Waals surface area contributed by atoms with Crippen LogP contribution in [0.5, 0.6) is 5.75 Å². The molecule has 0 bridgehead atoms. The molecule has 32 heavy (non-hydrogen) atoms. The van der Waals surface area contributed by atoms with Gasteiger partial charge in [0.05, 0.1) is 39.2 Å². The number of aromatic hydroxyl groups is 1. The molecular formula is C19H15Cl2F3N4O4. The summed E-state index contributed by atoms with van der Waals surface area (Å²) in [5, 5.41) is 12.4. The fourth-order valence-corrected chi connectivity index (χ4v) is 3.61. The van der Waals surface area contributed by atoms with Crippen LogP contribution in [0.25, 0.3) is 11.3 Å². The van der Waals surface area contributed by atoms with E-state index in [1.54, 1.807) is 0 Å². The number of pyridine rings is 1. The summed E-state index contributed by atoms with van der Waals surface area (Å²) in [5.41, 5.74) is -1.85. The van der Waals surface area contributed by atoms with Gasteiger partial charge in [0.15, 0.2) is 5.92 Å². The standard InChI is InChI=1S/C19H15Cl2F3N4O4/c1-27-7-28(2)18(32)13(17(27)31)16(30)26-11-4-3-9(20)12(15(11)29)14-10(21)5-8(6-25-14)19(22,23)24/h3-6,13,29H,7H2,1-2H3,(H,26,30). The number of benzene rings is 1. The molecule has 170 valence electrons. The lowest BCUT2D eigenvalue weighted by molar-refractivity contribution is -0.158. The summed E-state index contributed by atoms with van der Waals surface area (Å²) in [6.45, 7) is 0.00980. The highest BCUT2D eigenvalue weighted by atomic mass is 35.5. The Kier molecular flexibility index (Phi) is 6.25. The summed E-state index contributed by atoms with van der Waals surface area (Å²) in [4.78, 5) is 43.3. The number of anilines is 1. The fraction of sp³-hybridized carbons (Fsp3) is 0.263. The van der Waals surface area contributed by atoms with Crippen LogP contribution < -0.4 is 5.32 Å². The first kappa shape index (κ1) is 23.6. The topological polar surface area (TPSA) is 103 Å². The number of phenolic OH excluding ortho intramolecular Hbond substituents is 1. The van der Waals surface area contributed by atoms with Crippen molar-refractivity contribution in [1.82, 2.24) is 14.8 Å². The summed E-state index contributed by atoms with van der Waals surface area (Å²) in [6, 6.07) is 3.06. The van der Waals surface area contributed by atoms with Crippen molar-refractivity contribution in [2.24, 2.45) is 5.92 Å². The molecule has 1 aliphatic heterocycles. The van der Waals surface area contributed by atoms with Gasteiger partial charge in [-0.05, 0) is 18.2 Å². The van der Waals surface area contributed by atoms with Gasteiger partial charge in [0.25, 0.3) is 0 Å². The van der Waals surface area contributed by atoms with E-state index in [4.69, 9.17) is 23.2 Å². The Morgan fingerprint density at radius 2 is 1.75 bits per heavy atom. The highest BCUT2D eigenvalue weighted by Gasteiger charge is 2.42. The first-order valence-electron chi connectivity index (χ1n) is 8.88. The molecule has 0 atom stereocenters. The number of hydrogen-bond donors (Lipinski definition) is 2. The third-order valence-corrected chi connectivity index (χ3v) is 5.33. The molecule has 1 aromatic carbocycles. The zero-order valence-electron chi connectivity index (χ0n) is 16.5. The molecule has 1 saturated heterocycles. The van der Waals surface area contributed by atoms with E-state index in [2.05, 4.69) is 10.3 Å². The fourth-order valence-electron chi connectivity index (χ4n) is 3.10. The molecule has 0 radical (unpaired) electrons. The third-order valence-electron chi connectivity index (χ3n) is 4.72. The Labute approximate surface area is 189 Å². The second kappa shape index (κ2) is 8.47. The molecule has 2 aromatic rings. The van der Waals surface area contributed by atoms with E-state index in [0.717, 1.165) is 0 Å². The number of nitrogens with zero attached hydrogens (tertiary/aromatic N) is 3. The Bertz CT molecular complexity index is 1110. The van der Waals surface area contributed by atoms with Crippen molar-refractivity contribution in [1.29, 1.82) is 0 Å². The second-order valence-electron chi connectivity index (χ2n) is 7.01. The van der Waals surface area contributed by atoms with Crippen LogP contribution in [0.2, 0.25) is 10.0 Å². The number of rotatable bonds is 3. The molecule has 13 heteroatoms. The lowest BCUT2D eigenvalue weighted by atomic mass is 10.0. The van der Waals surface area contributed by atoms with Crippen LogP contribution in [-0.2, 0) is 20.6 Å². The van der Waals surface area contributed by atoms with Gasteiger partial charge in [0.2, 0.25) is 17.7 Å². The lowest BCUT2D eigenvalue weighted by Gasteiger charge is -2.34. The van der Waals surface area contributed by atoms with Crippen molar-refractivity contribution in [3.63, 3.8) is 0 Å². The van der Waals surface area contributed by atoms with Crippen LogP contribution in [0.15, 0.2) is 24.4 Å². The number of phenols is 1. The van der Waals surface area contributed by atoms with E-state index in [1.165, 1.54) is 36.0 Å². The van der Waals surface area contributed by atoms with Crippen molar-refractivity contribution in [2.45, 2.75) is 6.18 Å². The number of amides is 3. The molecular weight excluding hydrogens is 476 g/mol. The molecule has 2 N–H and O–H groups in total. The van der Waals surface area contributed by atoms with E-state index >= 15 is 0 Å². The summed E-state index contributed by atoms with van der Waals surface area (Å²) in [7, 11) is 2.84. The molecule has 3 amide bonds. The van der Waals surface area contributed by atoms with E-state index in [1.807, 2.05) is 0 Å². The molecule has 0 saturated carbocycles. The quantitative estimate of drug-likeness (QED) is 0.507. The lowest BCUT2D eigenvalue weighted by Crippen LogP contribution is -2.57. The van der Waals surface area contributed by atoms with Gasteiger partial charge in [0, 0.05) is 20.3 Å². The number of carbonyl (C=O) groups excluding carboxylic acids is 3. The largest absolute Gasteiger partial charge is 0.505 e. The highest BCUT2D eigenvalue weighted by Crippen LogP contribution is 2.44. The SMILES string of the molecule is CN1CN(C)C(=O)C(C(=O)Nc2ccc(Cl)c(-c3ncc(C(F)(F)F)cc3Cl)c2O)C1=O. The van der Waals surface area contributed by atoms with Gasteiger partial charge in [-0.2, -0.15) is 13.2 Å². The summed E-state index contributed by atoms with van der Waals surface area (Å²) in [5.74, 6) is -4.80. The average Bonchev–Trinajstić information content (AvgIpc) is 2.69. The molecule has 2 heterocycles. The highest BCUT2D eigenvalue weighted by molar-refractivity contribution is 6.37. The predicted molar refractivity (Wildman–Crippen MR) is 109 cm³/mol. The number of carbonyl (C=O) groups is 3. The molecule has 0 aliphatic carbocycles. The maximum atomic E-state index is 12.9. The summed E-state index contributed by atoms with van der Waals surface area (Å²) >= 11 is 12.0. The molecule has 1 fully saturated rings. The average molecular weight is 491 g/mol. The van der Waals surface area contributed by atoms with Gasteiger partial charge in [-0.25, -0.2) is 0 Å². The monoisotopic (exact) mass is 490 g/mol. The van der Waals surface area contributed by atoms with Crippen LogP contribution in [0, 0.1) is 5.92 Å². The minimum atomic E-state index is -4.68. The first-order chi connectivity index (χ1) is 14.8. The van der Waals surface area contributed by atoms with Crippen molar-refractivity contribution in [3.05, 3.63) is 40.0 Å². The zero-order valence-corrected chi connectivity index (χ0v) is 18.0. The zero-order chi connectivity index (χ0) is 24.0. The van der Waals surface area contributed by atoms with Crippen LogP contribution in [0.3, 0.4) is 0 Å². The number of halogens is 5. The summed E-state index contributed by atoms with van der Waals surface area (Å²) in [6.07, 6.45) is -4.16. The maximum Gasteiger partial charge on any atom is 0.417 e. The van der Waals surface area contributed by atoms with Crippen LogP contribution in [0.4, 0.5) is 18.9 Å². The number of nitrogens with one attached hydrogen (secondary N) is 1. The third kappa shape index (κ3) is 4.30. The first-order valence-corrected chi connectivity index (χ1v) is 9.64. The van der Waals surface area contributed by atoms with E-state index in [0.29, 0.717) is 12.3 Å². The second-order valence-corrected chi connectivity index (χ2v) is 7.82. The van der Waals surface area contributed by atoms with Gasteiger partial charge in [0.1, 0.15) is 5.75 Å². The number of aromatic nitrogens is 1. The molecule has 8 nitrogen and oxygen atoms in total. The Hall–Kier alpha value is -3.05. The van der Waals surface area contributed by atoms with Crippen LogP contribution in [0.1, 0.15) is 5.56 Å². The molecule has 0 spiro atoms. The molecule has 3 rings (SSSR count). The van der Waals surface area contributed by atoms with Gasteiger partial charge in [-0.1, -0.05) is 23.2 Å². The Morgan fingerprint density at radius 1 is 1.16 bits per heavy atom. The Morgan fingerprint density at radius 3 is 2.28 bits per heavy atom. The minimum absolute atomic E-state index is 0.00980. The van der Waals surface area contributed by atoms with Gasteiger partial charge in [-0.15, -0.1) is 0 Å². The molecule has 1 aromatic heterocycles. The minimum Gasteiger partial charge on any atom is -0.505 e. The van der Waals surface area contributed by atoms with E-state index < -0.39 is 46.2 Å². The van der Waals surface area contributed by atoms with Crippen LogP contribution >= 0.6 is 23.2 Å². The predicted octanol–water partition coefficient (Wildman–Crippen LogP) is 3.22. The number of hydrogen-bond acceptors (Lipinski definition) is 5. The Balaban J connectivity index is 1.98. The molecule has 1 aliphatic rings. The molecule has 0 unspecified atom stereocenters. The van der Waals surface area contributed by atoms with E-state index in [9.17, 15) is 32.7 Å². The van der Waals surface area contributed by atoms with Gasteiger partial charge in [-0.3, -0.25) is 19.4 Å². The van der Waals surface area contributed by atoms with Gasteiger partial charge >= 0.3 is 6.18 Å². The summed E-state index contributed by atoms with van der Waals surface area (Å²) < 4.78 is 38.6. The van der Waals surface area contributed by atoms with Gasteiger partial charge < -0.3 is 20.2 Å². The van der Waals surface area contributed by atoms with Crippen molar-refractivity contribution >= 4 is 46.6 Å². The van der Waals surface area contributed by atoms with Crippen molar-refractivity contribution < 1.29 is 32.7 Å². The number of alkyl halides is 3. The smallest absolute Gasteiger partial charge is 0.417 e. The maximum absolute atomic E-state index is 12.9. The normalized spacial score (nSPS) is 15.3. The van der Waals surface area contributed by atoms with E-state index in [-0.39, 0.29) is 28.6 Å². The van der Waals surface area contributed by atoms with Crippen molar-refractivity contribution in [3.8, 4) is 17.0 Å².